The number of H-pyrrole nitrogens is 2. The Labute approximate surface area is 76.5 Å². The van der Waals surface area contributed by atoms with E-state index in [1.165, 1.54) is 0 Å². The molecule has 60 valence electrons. The first kappa shape index (κ1) is 3.67. The second-order valence-corrected chi connectivity index (χ2v) is 2.26. The Morgan fingerprint density at radius 2 is 2.64 bits per heavy atom. The molecule has 0 radical (unpaired) electrons. The van der Waals surface area contributed by atoms with E-state index in [1.54, 1.807) is 0 Å². The molecule has 0 atom stereocenters. The minimum Gasteiger partial charge on any atom is -0.336 e. The van der Waals surface area contributed by atoms with Gasteiger partial charge in [-0.3, -0.25) is 9.78 Å². The zero-order chi connectivity index (χ0) is 12.6. The number of rotatable bonds is 2. The standard InChI is InChI=1S/C7H10N2OS/c1-2-3-5-4-6(10)9-7(11)8-5/h4H,2-3H2,1H3,(H2,8,9,10,11)/i1D3,3D2. The van der Waals surface area contributed by atoms with Gasteiger partial charge in [-0.1, -0.05) is 13.3 Å². The van der Waals surface area contributed by atoms with Crippen molar-refractivity contribution in [3.8, 4) is 0 Å². The zero-order valence-electron chi connectivity index (χ0n) is 10.6. The molecule has 0 bridgehead atoms. The van der Waals surface area contributed by atoms with Crippen LogP contribution in [0.4, 0.5) is 0 Å². The summed E-state index contributed by atoms with van der Waals surface area (Å²) in [7, 11) is 0. The van der Waals surface area contributed by atoms with Crippen LogP contribution >= 0.6 is 12.2 Å². The van der Waals surface area contributed by atoms with Crippen LogP contribution in [0.1, 0.15) is 25.8 Å². The third kappa shape index (κ3) is 2.31. The number of nitrogens with one attached hydrogen (secondary N) is 2. The van der Waals surface area contributed by atoms with Crippen molar-refractivity contribution in [3.63, 3.8) is 0 Å². The third-order valence-electron chi connectivity index (χ3n) is 1.04. The molecule has 1 heterocycles. The van der Waals surface area contributed by atoms with Gasteiger partial charge in [-0.05, 0) is 18.6 Å². The maximum atomic E-state index is 11.1. The average molecular weight is 175 g/mol. The van der Waals surface area contributed by atoms with Gasteiger partial charge in [0.1, 0.15) is 0 Å². The van der Waals surface area contributed by atoms with E-state index in [1.807, 2.05) is 0 Å². The van der Waals surface area contributed by atoms with Crippen LogP contribution in [0.25, 0.3) is 0 Å². The molecule has 0 amide bonds. The fraction of sp³-hybridized carbons (Fsp3) is 0.429. The summed E-state index contributed by atoms with van der Waals surface area (Å²) in [5.74, 6) is 0. The molecule has 0 aliphatic heterocycles. The van der Waals surface area contributed by atoms with E-state index in [2.05, 4.69) is 22.2 Å². The molecule has 0 aliphatic rings. The molecule has 1 aromatic heterocycles. The molecule has 0 unspecified atom stereocenters. The first-order chi connectivity index (χ1) is 7.10. The van der Waals surface area contributed by atoms with Gasteiger partial charge in [-0.15, -0.1) is 0 Å². The molecule has 1 aromatic rings. The van der Waals surface area contributed by atoms with Crippen LogP contribution in [0.3, 0.4) is 0 Å². The lowest BCUT2D eigenvalue weighted by Gasteiger charge is -1.95. The van der Waals surface area contributed by atoms with Crippen molar-refractivity contribution >= 4 is 12.2 Å². The number of aromatic amines is 2. The van der Waals surface area contributed by atoms with Crippen molar-refractivity contribution < 1.29 is 6.85 Å². The predicted octanol–water partition coefficient (Wildman–Crippen LogP) is 1.38. The van der Waals surface area contributed by atoms with Crippen molar-refractivity contribution in [3.05, 3.63) is 26.9 Å². The van der Waals surface area contributed by atoms with Gasteiger partial charge in [0.25, 0.3) is 5.56 Å². The molecule has 4 heteroatoms. The summed E-state index contributed by atoms with van der Waals surface area (Å²) < 4.78 is 36.2. The summed E-state index contributed by atoms with van der Waals surface area (Å²) in [5.41, 5.74) is -0.689. The highest BCUT2D eigenvalue weighted by molar-refractivity contribution is 7.71. The summed E-state index contributed by atoms with van der Waals surface area (Å²) in [6, 6.07) is 0.974. The zero-order valence-corrected chi connectivity index (χ0v) is 6.42. The van der Waals surface area contributed by atoms with Gasteiger partial charge in [0.05, 0.1) is 0 Å². The van der Waals surface area contributed by atoms with Gasteiger partial charge in [-0.2, -0.15) is 0 Å². The van der Waals surface area contributed by atoms with Gasteiger partial charge < -0.3 is 4.98 Å². The summed E-state index contributed by atoms with van der Waals surface area (Å²) in [4.78, 5) is 15.8. The Bertz CT molecular complexity index is 460. The van der Waals surface area contributed by atoms with E-state index >= 15 is 0 Å². The molecule has 0 saturated carbocycles. The van der Waals surface area contributed by atoms with Crippen molar-refractivity contribution in [2.75, 3.05) is 0 Å². The van der Waals surface area contributed by atoms with Crippen LogP contribution in [0.15, 0.2) is 10.9 Å². The van der Waals surface area contributed by atoms with E-state index in [9.17, 15) is 4.79 Å². The van der Waals surface area contributed by atoms with Crippen LogP contribution in [0.2, 0.25) is 0 Å². The Morgan fingerprint density at radius 3 is 3.27 bits per heavy atom. The number of hydrogen-bond donors (Lipinski definition) is 2. The Hall–Kier alpha value is -0.900. The molecule has 3 nitrogen and oxygen atoms in total. The topological polar surface area (TPSA) is 48.6 Å². The first-order valence-corrected chi connectivity index (χ1v) is 3.35. The number of aryl methyl sites for hydroxylation is 1. The normalized spacial score (nSPS) is 19.1. The van der Waals surface area contributed by atoms with Crippen molar-refractivity contribution in [2.45, 2.75) is 19.6 Å². The molecule has 11 heavy (non-hydrogen) atoms. The molecule has 0 aromatic carbocycles. The fourth-order valence-corrected chi connectivity index (χ4v) is 0.870. The summed E-state index contributed by atoms with van der Waals surface area (Å²) >= 11 is 4.68. The molecule has 2 N–H and O–H groups in total. The molecule has 1 rings (SSSR count). The molecule has 0 saturated heterocycles. The first-order valence-electron chi connectivity index (χ1n) is 5.44. The van der Waals surface area contributed by atoms with Gasteiger partial charge in [-0.25, -0.2) is 0 Å². The summed E-state index contributed by atoms with van der Waals surface area (Å²) in [6.45, 7) is -2.42. The smallest absolute Gasteiger partial charge is 0.251 e. The Kier molecular flexibility index (Phi) is 1.16. The van der Waals surface area contributed by atoms with Crippen LogP contribution in [0, 0.1) is 4.77 Å². The Morgan fingerprint density at radius 1 is 1.82 bits per heavy atom. The van der Waals surface area contributed by atoms with Crippen LogP contribution in [-0.2, 0) is 6.37 Å². The average Bonchev–Trinajstić information content (AvgIpc) is 1.96. The van der Waals surface area contributed by atoms with Gasteiger partial charge in [0.2, 0.25) is 0 Å². The Balaban J connectivity index is 3.16. The maximum Gasteiger partial charge on any atom is 0.251 e. The van der Waals surface area contributed by atoms with Gasteiger partial charge in [0.15, 0.2) is 4.77 Å². The van der Waals surface area contributed by atoms with E-state index in [0.29, 0.717) is 0 Å². The summed E-state index contributed by atoms with van der Waals surface area (Å²) in [5, 5.41) is 0. The highest BCUT2D eigenvalue weighted by Crippen LogP contribution is 1.93. The molecule has 0 fully saturated rings. The minimum atomic E-state index is -2.42. The van der Waals surface area contributed by atoms with E-state index in [-0.39, 0.29) is 10.5 Å². The largest absolute Gasteiger partial charge is 0.336 e. The SMILES string of the molecule is [2H]C([2H])([2H])CC([2H])([2H])c1cc(=O)[nH]c(=S)[nH]1. The monoisotopic (exact) mass is 175 g/mol. The van der Waals surface area contributed by atoms with E-state index in [4.69, 9.17) is 6.85 Å². The highest BCUT2D eigenvalue weighted by Gasteiger charge is 1.91. The van der Waals surface area contributed by atoms with Crippen LogP contribution in [-0.4, -0.2) is 9.97 Å². The minimum absolute atomic E-state index is 0.0306. The van der Waals surface area contributed by atoms with Gasteiger partial charge >= 0.3 is 0 Å². The van der Waals surface area contributed by atoms with Gasteiger partial charge in [0, 0.05) is 18.6 Å². The van der Waals surface area contributed by atoms with Crippen molar-refractivity contribution in [1.29, 1.82) is 0 Å². The molecular weight excluding hydrogens is 160 g/mol. The van der Waals surface area contributed by atoms with Crippen molar-refractivity contribution in [2.24, 2.45) is 0 Å². The maximum absolute atomic E-state index is 11.1. The highest BCUT2D eigenvalue weighted by atomic mass is 32.1. The quantitative estimate of drug-likeness (QED) is 0.667. The molecular formula is C7H10N2OS. The molecule has 0 spiro atoms. The third-order valence-corrected chi connectivity index (χ3v) is 1.24. The second-order valence-electron chi connectivity index (χ2n) is 1.85. The number of hydrogen-bond acceptors (Lipinski definition) is 2. The molecule has 0 aliphatic carbocycles. The summed E-state index contributed by atoms with van der Waals surface area (Å²) in [6.07, 6.45) is -2.83. The van der Waals surface area contributed by atoms with E-state index < -0.39 is 25.2 Å². The van der Waals surface area contributed by atoms with Crippen LogP contribution < -0.4 is 5.56 Å². The van der Waals surface area contributed by atoms with E-state index in [0.717, 1.165) is 6.07 Å². The van der Waals surface area contributed by atoms with Crippen LogP contribution in [0.5, 0.6) is 0 Å². The lowest BCUT2D eigenvalue weighted by molar-refractivity contribution is 0.861. The lowest BCUT2D eigenvalue weighted by Crippen LogP contribution is -2.08. The second kappa shape index (κ2) is 3.48. The lowest BCUT2D eigenvalue weighted by atomic mass is 10.2. The predicted molar refractivity (Wildman–Crippen MR) is 46.2 cm³/mol. The van der Waals surface area contributed by atoms with Crippen molar-refractivity contribution in [1.82, 2.24) is 9.97 Å². The fourth-order valence-electron chi connectivity index (χ4n) is 0.659. The number of aromatic nitrogens is 2.